The molecule has 2 unspecified atom stereocenters. The molecule has 4 nitrogen and oxygen atoms in total. The first-order valence-corrected chi connectivity index (χ1v) is 7.87. The van der Waals surface area contributed by atoms with Crippen LogP contribution in [-0.4, -0.2) is 36.7 Å². The molecule has 1 fully saturated rings. The number of benzene rings is 1. The minimum atomic E-state index is -0.311. The lowest BCUT2D eigenvalue weighted by Gasteiger charge is -2.36. The van der Waals surface area contributed by atoms with Gasteiger partial charge in [0.2, 0.25) is 0 Å². The van der Waals surface area contributed by atoms with E-state index in [1.165, 1.54) is 0 Å². The van der Waals surface area contributed by atoms with Gasteiger partial charge in [0, 0.05) is 19.1 Å². The molecule has 116 valence electrons. The van der Waals surface area contributed by atoms with Gasteiger partial charge in [0.1, 0.15) is 6.61 Å². The fourth-order valence-electron chi connectivity index (χ4n) is 3.00. The van der Waals surface area contributed by atoms with Crippen molar-refractivity contribution in [2.75, 3.05) is 19.6 Å². The van der Waals surface area contributed by atoms with Crippen molar-refractivity contribution in [1.82, 2.24) is 10.2 Å². The van der Waals surface area contributed by atoms with E-state index in [0.717, 1.165) is 38.0 Å². The Hall–Kier alpha value is -1.55. The topological polar surface area (TPSA) is 41.6 Å². The Bertz CT molecular complexity index is 436. The van der Waals surface area contributed by atoms with Crippen molar-refractivity contribution < 1.29 is 9.53 Å². The molecule has 1 aromatic carbocycles. The molecule has 2 atom stereocenters. The van der Waals surface area contributed by atoms with Crippen molar-refractivity contribution in [3.05, 3.63) is 35.9 Å². The van der Waals surface area contributed by atoms with Gasteiger partial charge >= 0.3 is 6.09 Å². The van der Waals surface area contributed by atoms with E-state index in [9.17, 15) is 4.79 Å². The van der Waals surface area contributed by atoms with Crippen LogP contribution in [-0.2, 0) is 11.3 Å². The van der Waals surface area contributed by atoms with Crippen molar-refractivity contribution in [2.45, 2.75) is 39.3 Å². The molecule has 2 rings (SSSR count). The minimum Gasteiger partial charge on any atom is -0.445 e. The molecule has 1 aliphatic rings. The Morgan fingerprint density at radius 2 is 2.10 bits per heavy atom. The van der Waals surface area contributed by atoms with Crippen molar-refractivity contribution >= 4 is 6.09 Å². The van der Waals surface area contributed by atoms with Gasteiger partial charge in [-0.3, -0.25) is 0 Å². The van der Waals surface area contributed by atoms with Gasteiger partial charge in [-0.05, 0) is 30.9 Å². The van der Waals surface area contributed by atoms with Crippen LogP contribution in [0.15, 0.2) is 30.3 Å². The second-order valence-corrected chi connectivity index (χ2v) is 6.00. The molecule has 1 aliphatic heterocycles. The number of piperidine rings is 1. The maximum Gasteiger partial charge on any atom is 0.407 e. The Morgan fingerprint density at radius 1 is 1.33 bits per heavy atom. The number of amides is 1. The predicted octanol–water partition coefficient (Wildman–Crippen LogP) is 3.03. The quantitative estimate of drug-likeness (QED) is 0.906. The number of carbonyl (C=O) groups excluding carboxylic acids is 1. The summed E-state index contributed by atoms with van der Waals surface area (Å²) in [6.07, 6.45) is 1.87. The predicted molar refractivity (Wildman–Crippen MR) is 84.1 cm³/mol. The van der Waals surface area contributed by atoms with Gasteiger partial charge in [-0.1, -0.05) is 44.2 Å². The van der Waals surface area contributed by atoms with Gasteiger partial charge in [-0.15, -0.1) is 0 Å². The third-order valence-corrected chi connectivity index (χ3v) is 3.81. The summed E-state index contributed by atoms with van der Waals surface area (Å²) >= 11 is 0. The third-order valence-electron chi connectivity index (χ3n) is 3.81. The monoisotopic (exact) mass is 290 g/mol. The van der Waals surface area contributed by atoms with Gasteiger partial charge in [0.25, 0.3) is 0 Å². The SMILES string of the molecule is CCCN1CC(C)CC(NC(=O)OCc2ccccc2)C1. The first-order valence-electron chi connectivity index (χ1n) is 7.87. The van der Waals surface area contributed by atoms with E-state index in [1.807, 2.05) is 30.3 Å². The van der Waals surface area contributed by atoms with Crippen LogP contribution < -0.4 is 5.32 Å². The Kier molecular flexibility index (Phi) is 6.05. The number of hydrogen-bond acceptors (Lipinski definition) is 3. The van der Waals surface area contributed by atoms with E-state index in [1.54, 1.807) is 0 Å². The van der Waals surface area contributed by atoms with E-state index >= 15 is 0 Å². The normalized spacial score (nSPS) is 22.8. The molecular formula is C17H26N2O2. The number of rotatable bonds is 5. The Balaban J connectivity index is 1.76. The maximum atomic E-state index is 11.9. The van der Waals surface area contributed by atoms with Crippen LogP contribution in [0.2, 0.25) is 0 Å². The summed E-state index contributed by atoms with van der Waals surface area (Å²) in [5, 5.41) is 3.01. The van der Waals surface area contributed by atoms with E-state index in [-0.39, 0.29) is 12.1 Å². The van der Waals surface area contributed by atoms with E-state index in [2.05, 4.69) is 24.1 Å². The fraction of sp³-hybridized carbons (Fsp3) is 0.588. The second kappa shape index (κ2) is 8.03. The van der Waals surface area contributed by atoms with Gasteiger partial charge in [0.15, 0.2) is 0 Å². The molecule has 1 saturated heterocycles. The molecule has 1 amide bonds. The van der Waals surface area contributed by atoms with Crippen LogP contribution in [0.1, 0.15) is 32.3 Å². The van der Waals surface area contributed by atoms with Crippen LogP contribution in [0.5, 0.6) is 0 Å². The number of carbonyl (C=O) groups is 1. The molecule has 1 N–H and O–H groups in total. The first-order chi connectivity index (χ1) is 10.2. The third kappa shape index (κ3) is 5.38. The summed E-state index contributed by atoms with van der Waals surface area (Å²) in [4.78, 5) is 14.3. The zero-order valence-electron chi connectivity index (χ0n) is 13.0. The molecule has 4 heteroatoms. The van der Waals surface area contributed by atoms with Gasteiger partial charge in [0.05, 0.1) is 0 Å². The van der Waals surface area contributed by atoms with Crippen LogP contribution >= 0.6 is 0 Å². The van der Waals surface area contributed by atoms with Crippen molar-refractivity contribution in [3.63, 3.8) is 0 Å². The molecular weight excluding hydrogens is 264 g/mol. The number of nitrogens with zero attached hydrogens (tertiary/aromatic N) is 1. The fourth-order valence-corrected chi connectivity index (χ4v) is 3.00. The largest absolute Gasteiger partial charge is 0.445 e. The second-order valence-electron chi connectivity index (χ2n) is 6.00. The molecule has 0 aliphatic carbocycles. The average molecular weight is 290 g/mol. The molecule has 21 heavy (non-hydrogen) atoms. The summed E-state index contributed by atoms with van der Waals surface area (Å²) in [7, 11) is 0. The lowest BCUT2D eigenvalue weighted by Crippen LogP contribution is -2.50. The lowest BCUT2D eigenvalue weighted by molar-refractivity contribution is 0.113. The van der Waals surface area contributed by atoms with Gasteiger partial charge in [-0.25, -0.2) is 4.79 Å². The van der Waals surface area contributed by atoms with Crippen LogP contribution in [0.25, 0.3) is 0 Å². The first kappa shape index (κ1) is 15.8. The molecule has 1 aromatic rings. The standard InChI is InChI=1S/C17H26N2O2/c1-3-9-19-11-14(2)10-16(12-19)18-17(20)21-13-15-7-5-4-6-8-15/h4-8,14,16H,3,9-13H2,1-2H3,(H,18,20). The van der Waals surface area contributed by atoms with E-state index < -0.39 is 0 Å². The number of nitrogens with one attached hydrogen (secondary N) is 1. The zero-order valence-corrected chi connectivity index (χ0v) is 13.0. The van der Waals surface area contributed by atoms with Crippen molar-refractivity contribution in [2.24, 2.45) is 5.92 Å². The molecule has 0 spiro atoms. The molecule has 0 radical (unpaired) electrons. The summed E-state index contributed by atoms with van der Waals surface area (Å²) in [5.74, 6) is 0.615. The highest BCUT2D eigenvalue weighted by molar-refractivity contribution is 5.67. The summed E-state index contributed by atoms with van der Waals surface area (Å²) in [6, 6.07) is 9.96. The smallest absolute Gasteiger partial charge is 0.407 e. The maximum absolute atomic E-state index is 11.9. The highest BCUT2D eigenvalue weighted by Crippen LogP contribution is 2.16. The highest BCUT2D eigenvalue weighted by Gasteiger charge is 2.25. The molecule has 1 heterocycles. The van der Waals surface area contributed by atoms with Gasteiger partial charge < -0.3 is 15.0 Å². The number of alkyl carbamates (subject to hydrolysis) is 1. The molecule has 0 aromatic heterocycles. The van der Waals surface area contributed by atoms with Crippen molar-refractivity contribution in [1.29, 1.82) is 0 Å². The van der Waals surface area contributed by atoms with E-state index in [0.29, 0.717) is 12.5 Å². The van der Waals surface area contributed by atoms with Crippen LogP contribution in [0.4, 0.5) is 4.79 Å². The minimum absolute atomic E-state index is 0.198. The lowest BCUT2D eigenvalue weighted by atomic mass is 9.96. The summed E-state index contributed by atoms with van der Waals surface area (Å²) in [5.41, 5.74) is 1.01. The Morgan fingerprint density at radius 3 is 2.81 bits per heavy atom. The Labute approximate surface area is 127 Å². The van der Waals surface area contributed by atoms with Gasteiger partial charge in [-0.2, -0.15) is 0 Å². The molecule has 0 saturated carbocycles. The summed E-state index contributed by atoms with van der Waals surface area (Å²) in [6.45, 7) is 7.92. The van der Waals surface area contributed by atoms with Crippen LogP contribution in [0.3, 0.4) is 0 Å². The number of likely N-dealkylation sites (tertiary alicyclic amines) is 1. The van der Waals surface area contributed by atoms with E-state index in [4.69, 9.17) is 4.74 Å². The zero-order chi connectivity index (χ0) is 15.1. The number of hydrogen-bond donors (Lipinski definition) is 1. The van der Waals surface area contributed by atoms with Crippen LogP contribution in [0, 0.1) is 5.92 Å². The number of ether oxygens (including phenoxy) is 1. The average Bonchev–Trinajstić information content (AvgIpc) is 2.46. The van der Waals surface area contributed by atoms with Crippen molar-refractivity contribution in [3.8, 4) is 0 Å². The molecule has 0 bridgehead atoms. The summed E-state index contributed by atoms with van der Waals surface area (Å²) < 4.78 is 5.29. The highest BCUT2D eigenvalue weighted by atomic mass is 16.5.